The molecule has 90 valence electrons. The van der Waals surface area contributed by atoms with Crippen LogP contribution in [0, 0.1) is 0 Å². The van der Waals surface area contributed by atoms with Gasteiger partial charge in [0.05, 0.1) is 0 Å². The molecule has 0 aliphatic carbocycles. The van der Waals surface area contributed by atoms with Crippen LogP contribution < -0.4 is 4.72 Å². The van der Waals surface area contributed by atoms with Gasteiger partial charge in [-0.2, -0.15) is 17.4 Å². The lowest BCUT2D eigenvalue weighted by molar-refractivity contribution is 0.409. The first kappa shape index (κ1) is 13.4. The Bertz CT molecular complexity index is 308. The van der Waals surface area contributed by atoms with Crippen molar-refractivity contribution < 1.29 is 8.42 Å². The lowest BCUT2D eigenvalue weighted by Crippen LogP contribution is -2.53. The Hall–Kier alpha value is 0.350. The molecule has 0 amide bonds. The molecule has 15 heavy (non-hydrogen) atoms. The van der Waals surface area contributed by atoms with Gasteiger partial charge in [-0.25, -0.2) is 0 Å². The second-order valence-corrected chi connectivity index (χ2v) is 7.60. The number of nitrogens with one attached hydrogen (secondary N) is 1. The van der Waals surface area contributed by atoms with Crippen LogP contribution in [0.3, 0.4) is 0 Å². The van der Waals surface area contributed by atoms with E-state index in [4.69, 9.17) is 0 Å². The summed E-state index contributed by atoms with van der Waals surface area (Å²) in [4.78, 5) is 0.0855. The van der Waals surface area contributed by atoms with E-state index in [1.165, 1.54) is 4.31 Å². The predicted octanol–water partition coefficient (Wildman–Crippen LogP) is 1.48. The molecule has 1 rings (SSSR count). The van der Waals surface area contributed by atoms with Crippen molar-refractivity contribution in [2.45, 2.75) is 44.0 Å². The van der Waals surface area contributed by atoms with E-state index in [0.29, 0.717) is 13.1 Å². The highest BCUT2D eigenvalue weighted by molar-refractivity contribution is 9.09. The zero-order valence-corrected chi connectivity index (χ0v) is 11.9. The van der Waals surface area contributed by atoms with E-state index in [2.05, 4.69) is 20.7 Å². The highest BCUT2D eigenvalue weighted by Crippen LogP contribution is 2.20. The Balaban J connectivity index is 2.71. The fraction of sp³-hybridized carbons (Fsp3) is 1.00. The average molecular weight is 299 g/mol. The summed E-state index contributed by atoms with van der Waals surface area (Å²) in [6.07, 6.45) is 1.93. The Morgan fingerprint density at radius 3 is 2.20 bits per heavy atom. The van der Waals surface area contributed by atoms with Gasteiger partial charge in [-0.15, -0.1) is 0 Å². The molecule has 0 radical (unpaired) electrons. The van der Waals surface area contributed by atoms with Crippen molar-refractivity contribution in [3.05, 3.63) is 0 Å². The minimum absolute atomic E-state index is 0.0855. The first-order valence-corrected chi connectivity index (χ1v) is 7.54. The number of nitrogens with zero attached hydrogens (tertiary/aromatic N) is 1. The number of halogens is 1. The van der Waals surface area contributed by atoms with Gasteiger partial charge in [0.25, 0.3) is 10.2 Å². The van der Waals surface area contributed by atoms with Crippen LogP contribution in [0.2, 0.25) is 0 Å². The van der Waals surface area contributed by atoms with Crippen LogP contribution in [0.5, 0.6) is 0 Å². The van der Waals surface area contributed by atoms with Crippen molar-refractivity contribution in [2.75, 3.05) is 13.1 Å². The van der Waals surface area contributed by atoms with Gasteiger partial charge in [0, 0.05) is 23.5 Å². The predicted molar refractivity (Wildman–Crippen MR) is 65.3 cm³/mol. The molecular formula is C9H19BrN2O2S. The van der Waals surface area contributed by atoms with E-state index < -0.39 is 15.7 Å². The van der Waals surface area contributed by atoms with E-state index >= 15 is 0 Å². The third-order valence-corrected chi connectivity index (χ3v) is 5.77. The first-order chi connectivity index (χ1) is 6.76. The third kappa shape index (κ3) is 3.41. The van der Waals surface area contributed by atoms with E-state index in [9.17, 15) is 8.42 Å². The van der Waals surface area contributed by atoms with E-state index in [-0.39, 0.29) is 4.83 Å². The molecule has 6 heteroatoms. The third-order valence-electron chi connectivity index (χ3n) is 2.79. The Morgan fingerprint density at radius 1 is 1.33 bits per heavy atom. The summed E-state index contributed by atoms with van der Waals surface area (Å²) in [6, 6.07) is 0. The van der Waals surface area contributed by atoms with Gasteiger partial charge in [0.15, 0.2) is 0 Å². The summed E-state index contributed by atoms with van der Waals surface area (Å²) < 4.78 is 28.1. The van der Waals surface area contributed by atoms with Gasteiger partial charge in [-0.05, 0) is 26.7 Å². The zero-order chi connectivity index (χ0) is 11.7. The molecule has 4 nitrogen and oxygen atoms in total. The molecule has 1 unspecified atom stereocenters. The van der Waals surface area contributed by atoms with Gasteiger partial charge in [-0.1, -0.05) is 22.9 Å². The summed E-state index contributed by atoms with van der Waals surface area (Å²) in [5, 5.41) is 0. The summed E-state index contributed by atoms with van der Waals surface area (Å²) in [7, 11) is -3.31. The molecule has 0 spiro atoms. The van der Waals surface area contributed by atoms with Crippen molar-refractivity contribution in [3.63, 3.8) is 0 Å². The molecule has 0 aromatic carbocycles. The quantitative estimate of drug-likeness (QED) is 0.799. The van der Waals surface area contributed by atoms with Crippen LogP contribution in [0.25, 0.3) is 0 Å². The fourth-order valence-corrected chi connectivity index (χ4v) is 3.38. The van der Waals surface area contributed by atoms with Crippen molar-refractivity contribution >= 4 is 26.1 Å². The summed E-state index contributed by atoms with van der Waals surface area (Å²) in [6.45, 7) is 6.97. The average Bonchev–Trinajstić information content (AvgIpc) is 2.53. The van der Waals surface area contributed by atoms with Crippen LogP contribution in [-0.2, 0) is 10.2 Å². The van der Waals surface area contributed by atoms with Gasteiger partial charge in [-0.3, -0.25) is 0 Å². The Labute approximate surface area is 101 Å². The molecule has 0 saturated carbocycles. The topological polar surface area (TPSA) is 49.4 Å². The smallest absolute Gasteiger partial charge is 0.195 e. The maximum absolute atomic E-state index is 11.9. The standard InChI is InChI=1S/C9H19BrN2O2S/c1-8(10)9(2,3)11-15(13,14)12-6-4-5-7-12/h8,11H,4-7H2,1-3H3. The molecule has 1 atom stereocenters. The van der Waals surface area contributed by atoms with Crippen molar-refractivity contribution in [1.29, 1.82) is 0 Å². The van der Waals surface area contributed by atoms with Gasteiger partial charge < -0.3 is 0 Å². The van der Waals surface area contributed by atoms with Crippen molar-refractivity contribution in [1.82, 2.24) is 9.03 Å². The Kier molecular flexibility index (Phi) is 4.20. The maximum atomic E-state index is 11.9. The number of hydrogen-bond donors (Lipinski definition) is 1. The normalized spacial score (nSPS) is 21.9. The fourth-order valence-electron chi connectivity index (χ4n) is 1.41. The summed E-state index contributed by atoms with van der Waals surface area (Å²) in [5.41, 5.74) is -0.471. The molecule has 0 aromatic rings. The van der Waals surface area contributed by atoms with Crippen LogP contribution in [0.4, 0.5) is 0 Å². The molecule has 1 N–H and O–H groups in total. The second kappa shape index (κ2) is 4.69. The highest BCUT2D eigenvalue weighted by atomic mass is 79.9. The molecule has 0 aromatic heterocycles. The largest absolute Gasteiger partial charge is 0.279 e. The SMILES string of the molecule is CC(Br)C(C)(C)NS(=O)(=O)N1CCCC1. The van der Waals surface area contributed by atoms with Gasteiger partial charge in [0.1, 0.15) is 0 Å². The Morgan fingerprint density at radius 2 is 1.80 bits per heavy atom. The molecule has 1 aliphatic heterocycles. The van der Waals surface area contributed by atoms with Crippen LogP contribution in [0.1, 0.15) is 33.6 Å². The van der Waals surface area contributed by atoms with Crippen LogP contribution >= 0.6 is 15.9 Å². The number of alkyl halides is 1. The molecular weight excluding hydrogens is 280 g/mol. The summed E-state index contributed by atoms with van der Waals surface area (Å²) >= 11 is 3.41. The molecule has 1 aliphatic rings. The van der Waals surface area contributed by atoms with Crippen molar-refractivity contribution in [3.8, 4) is 0 Å². The zero-order valence-electron chi connectivity index (χ0n) is 9.46. The maximum Gasteiger partial charge on any atom is 0.279 e. The highest BCUT2D eigenvalue weighted by Gasteiger charge is 2.33. The van der Waals surface area contributed by atoms with E-state index in [1.54, 1.807) is 0 Å². The minimum atomic E-state index is -3.31. The van der Waals surface area contributed by atoms with E-state index in [1.807, 2.05) is 20.8 Å². The number of rotatable bonds is 4. The lowest BCUT2D eigenvalue weighted by Gasteiger charge is -2.31. The molecule has 1 fully saturated rings. The summed E-state index contributed by atoms with van der Waals surface area (Å²) in [5.74, 6) is 0. The number of hydrogen-bond acceptors (Lipinski definition) is 2. The molecule has 1 saturated heterocycles. The van der Waals surface area contributed by atoms with Gasteiger partial charge >= 0.3 is 0 Å². The van der Waals surface area contributed by atoms with E-state index in [0.717, 1.165) is 12.8 Å². The minimum Gasteiger partial charge on any atom is -0.195 e. The van der Waals surface area contributed by atoms with Crippen LogP contribution in [-0.4, -0.2) is 36.2 Å². The first-order valence-electron chi connectivity index (χ1n) is 5.19. The molecule has 0 bridgehead atoms. The van der Waals surface area contributed by atoms with Gasteiger partial charge in [0.2, 0.25) is 0 Å². The molecule has 1 heterocycles. The van der Waals surface area contributed by atoms with Crippen molar-refractivity contribution in [2.24, 2.45) is 0 Å². The van der Waals surface area contributed by atoms with Crippen LogP contribution in [0.15, 0.2) is 0 Å². The monoisotopic (exact) mass is 298 g/mol. The second-order valence-electron chi connectivity index (χ2n) is 4.55. The lowest BCUT2D eigenvalue weighted by atomic mass is 10.0.